The lowest BCUT2D eigenvalue weighted by atomic mass is 9.81. The van der Waals surface area contributed by atoms with E-state index >= 15 is 0 Å². The fourth-order valence-corrected chi connectivity index (χ4v) is 4.52. The van der Waals surface area contributed by atoms with Gasteiger partial charge in [0.25, 0.3) is 0 Å². The highest BCUT2D eigenvalue weighted by atomic mass is 32.2. The van der Waals surface area contributed by atoms with Crippen molar-refractivity contribution in [2.75, 3.05) is 12.8 Å². The highest BCUT2D eigenvalue weighted by Gasteiger charge is 2.51. The number of nitrogens with zero attached hydrogens (tertiary/aromatic N) is 1. The minimum atomic E-state index is -0.688. The van der Waals surface area contributed by atoms with Gasteiger partial charge < -0.3 is 10.2 Å². The van der Waals surface area contributed by atoms with Crippen LogP contribution in [0.3, 0.4) is 0 Å². The molecule has 0 spiro atoms. The second-order valence-corrected chi connectivity index (χ2v) is 7.65. The minimum Gasteiger partial charge on any atom is -0.340 e. The average Bonchev–Trinajstić information content (AvgIpc) is 2.46. The molecule has 1 unspecified atom stereocenters. The fraction of sp³-hybridized carbons (Fsp3) is 0.875. The Kier molecular flexibility index (Phi) is 4.91. The van der Waals surface area contributed by atoms with Gasteiger partial charge in [0.05, 0.1) is 0 Å². The lowest BCUT2D eigenvalue weighted by Gasteiger charge is -2.50. The van der Waals surface area contributed by atoms with Crippen molar-refractivity contribution in [2.24, 2.45) is 0 Å². The van der Waals surface area contributed by atoms with Gasteiger partial charge in [0.1, 0.15) is 11.6 Å². The molecule has 0 radical (unpaired) electrons. The maximum Gasteiger partial charge on any atom is 0.249 e. The first-order chi connectivity index (χ1) is 9.97. The first-order valence-corrected chi connectivity index (χ1v) is 9.38. The first-order valence-electron chi connectivity index (χ1n) is 8.15. The largest absolute Gasteiger partial charge is 0.340 e. The van der Waals surface area contributed by atoms with Crippen molar-refractivity contribution in [1.29, 1.82) is 0 Å². The maximum absolute atomic E-state index is 13.1. The lowest BCUT2D eigenvalue weighted by molar-refractivity contribution is -0.156. The van der Waals surface area contributed by atoms with E-state index in [1.807, 2.05) is 37.4 Å². The summed E-state index contributed by atoms with van der Waals surface area (Å²) in [4.78, 5) is 27.4. The summed E-state index contributed by atoms with van der Waals surface area (Å²) in [6.45, 7) is 6.68. The summed E-state index contributed by atoms with van der Waals surface area (Å²) in [6, 6.07) is -0.298. The van der Waals surface area contributed by atoms with Crippen molar-refractivity contribution in [3.63, 3.8) is 0 Å². The average molecular weight is 312 g/mol. The van der Waals surface area contributed by atoms with Crippen LogP contribution in [0.15, 0.2) is 0 Å². The normalized spacial score (nSPS) is 27.2. The van der Waals surface area contributed by atoms with Gasteiger partial charge in [0, 0.05) is 11.3 Å². The molecule has 0 bridgehead atoms. The van der Waals surface area contributed by atoms with Crippen molar-refractivity contribution < 1.29 is 9.59 Å². The molecule has 1 saturated heterocycles. The molecule has 120 valence electrons. The highest BCUT2D eigenvalue weighted by molar-refractivity contribution is 8.00. The molecule has 1 atom stereocenters. The highest BCUT2D eigenvalue weighted by Crippen LogP contribution is 2.44. The second kappa shape index (κ2) is 6.19. The van der Waals surface area contributed by atoms with Gasteiger partial charge in [-0.05, 0) is 38.4 Å². The topological polar surface area (TPSA) is 49.4 Å². The van der Waals surface area contributed by atoms with E-state index in [1.165, 1.54) is 6.42 Å². The van der Waals surface area contributed by atoms with Gasteiger partial charge in [-0.15, -0.1) is 0 Å². The van der Waals surface area contributed by atoms with Crippen LogP contribution in [-0.2, 0) is 9.59 Å². The van der Waals surface area contributed by atoms with Crippen LogP contribution in [0.25, 0.3) is 0 Å². The SMILES string of the molecule is CCC1C(=O)NC(CC)(CC)C(=O)N1CC1(SC)CCC1. The third-order valence-electron chi connectivity index (χ3n) is 5.46. The zero-order chi connectivity index (χ0) is 15.7. The zero-order valence-electron chi connectivity index (χ0n) is 13.7. The van der Waals surface area contributed by atoms with Crippen molar-refractivity contribution >= 4 is 23.6 Å². The molecule has 2 amide bonds. The molecule has 2 fully saturated rings. The molecule has 0 aromatic rings. The molecular formula is C16H28N2O2S. The van der Waals surface area contributed by atoms with Gasteiger partial charge in [0.2, 0.25) is 11.8 Å². The number of carbonyl (C=O) groups is 2. The van der Waals surface area contributed by atoms with Gasteiger partial charge in [-0.3, -0.25) is 9.59 Å². The van der Waals surface area contributed by atoms with Crippen LogP contribution in [0.2, 0.25) is 0 Å². The number of amides is 2. The van der Waals surface area contributed by atoms with E-state index in [4.69, 9.17) is 0 Å². The molecule has 1 N–H and O–H groups in total. The molecule has 1 heterocycles. The predicted molar refractivity (Wildman–Crippen MR) is 87.3 cm³/mol. The summed E-state index contributed by atoms with van der Waals surface area (Å²) in [7, 11) is 0. The number of thioether (sulfide) groups is 1. The molecule has 0 aromatic carbocycles. The number of piperazine rings is 1. The molecule has 4 nitrogen and oxygen atoms in total. The van der Waals surface area contributed by atoms with Crippen LogP contribution in [0.1, 0.15) is 59.3 Å². The molecule has 5 heteroatoms. The van der Waals surface area contributed by atoms with E-state index in [0.717, 1.165) is 19.4 Å². The van der Waals surface area contributed by atoms with Gasteiger partial charge in [-0.25, -0.2) is 0 Å². The zero-order valence-corrected chi connectivity index (χ0v) is 14.5. The Labute approximate surface area is 132 Å². The van der Waals surface area contributed by atoms with Gasteiger partial charge in [-0.2, -0.15) is 11.8 Å². The maximum atomic E-state index is 13.1. The summed E-state index contributed by atoms with van der Waals surface area (Å²) >= 11 is 1.86. The molecule has 1 saturated carbocycles. The van der Waals surface area contributed by atoms with Crippen LogP contribution in [0, 0.1) is 0 Å². The van der Waals surface area contributed by atoms with E-state index in [1.54, 1.807) is 0 Å². The number of hydrogen-bond acceptors (Lipinski definition) is 3. The van der Waals surface area contributed by atoms with Crippen LogP contribution in [0.5, 0.6) is 0 Å². The van der Waals surface area contributed by atoms with Gasteiger partial charge in [-0.1, -0.05) is 27.2 Å². The van der Waals surface area contributed by atoms with E-state index in [2.05, 4.69) is 11.6 Å². The summed E-state index contributed by atoms with van der Waals surface area (Å²) in [5.41, 5.74) is -0.688. The van der Waals surface area contributed by atoms with E-state index < -0.39 is 5.54 Å². The Morgan fingerprint density at radius 3 is 2.24 bits per heavy atom. The minimum absolute atomic E-state index is 0.0244. The van der Waals surface area contributed by atoms with E-state index in [9.17, 15) is 9.59 Å². The number of carbonyl (C=O) groups excluding carboxylic acids is 2. The van der Waals surface area contributed by atoms with Crippen molar-refractivity contribution in [3.05, 3.63) is 0 Å². The second-order valence-electron chi connectivity index (χ2n) is 6.38. The monoisotopic (exact) mass is 312 g/mol. The molecule has 1 aliphatic carbocycles. The molecule has 1 aliphatic heterocycles. The predicted octanol–water partition coefficient (Wildman–Crippen LogP) is 2.57. The summed E-state index contributed by atoms with van der Waals surface area (Å²) in [5, 5.41) is 3.01. The van der Waals surface area contributed by atoms with Gasteiger partial charge in [0.15, 0.2) is 0 Å². The quantitative estimate of drug-likeness (QED) is 0.820. The smallest absolute Gasteiger partial charge is 0.249 e. The van der Waals surface area contributed by atoms with Crippen LogP contribution in [0.4, 0.5) is 0 Å². The van der Waals surface area contributed by atoms with Gasteiger partial charge >= 0.3 is 0 Å². The lowest BCUT2D eigenvalue weighted by Crippen LogP contribution is -2.71. The van der Waals surface area contributed by atoms with Crippen molar-refractivity contribution in [1.82, 2.24) is 10.2 Å². The third kappa shape index (κ3) is 2.69. The van der Waals surface area contributed by atoms with Crippen LogP contribution in [-0.4, -0.2) is 45.8 Å². The molecule has 0 aromatic heterocycles. The van der Waals surface area contributed by atoms with Crippen molar-refractivity contribution in [3.8, 4) is 0 Å². The van der Waals surface area contributed by atoms with E-state index in [0.29, 0.717) is 19.3 Å². The summed E-state index contributed by atoms with van der Waals surface area (Å²) < 4.78 is 0.175. The number of hydrogen-bond donors (Lipinski definition) is 1. The third-order valence-corrected chi connectivity index (χ3v) is 6.87. The van der Waals surface area contributed by atoms with Crippen molar-refractivity contribution in [2.45, 2.75) is 75.6 Å². The Morgan fingerprint density at radius 2 is 1.86 bits per heavy atom. The Balaban J connectivity index is 2.28. The van der Waals surface area contributed by atoms with Crippen LogP contribution < -0.4 is 5.32 Å². The standard InChI is InChI=1S/C16H28N2O2S/c1-5-12-13(19)17-16(6-2,7-3)14(20)18(12)11-15(21-4)9-8-10-15/h12H,5-11H2,1-4H3,(H,17,19). The molecule has 21 heavy (non-hydrogen) atoms. The Bertz CT molecular complexity index is 411. The summed E-state index contributed by atoms with van der Waals surface area (Å²) in [6.07, 6.45) is 7.68. The number of nitrogens with one attached hydrogen (secondary N) is 1. The van der Waals surface area contributed by atoms with E-state index in [-0.39, 0.29) is 22.6 Å². The number of rotatable bonds is 6. The molecular weight excluding hydrogens is 284 g/mol. The molecule has 2 aliphatic rings. The fourth-order valence-electron chi connectivity index (χ4n) is 3.56. The summed E-state index contributed by atoms with van der Waals surface area (Å²) in [5.74, 6) is 0.149. The molecule has 2 rings (SSSR count). The first kappa shape index (κ1) is 16.7. The Hall–Kier alpha value is -0.710. The van der Waals surface area contributed by atoms with Crippen LogP contribution >= 0.6 is 11.8 Å². The Morgan fingerprint density at radius 1 is 1.24 bits per heavy atom.